The van der Waals surface area contributed by atoms with Crippen molar-refractivity contribution in [2.75, 3.05) is 6.61 Å². The van der Waals surface area contributed by atoms with Crippen LogP contribution in [-0.4, -0.2) is 34.6 Å². The molecule has 7 heteroatoms. The van der Waals surface area contributed by atoms with Crippen molar-refractivity contribution >= 4 is 28.7 Å². The second-order valence-electron chi connectivity index (χ2n) is 4.64. The number of ether oxygens (including phenoxy) is 1. The molecule has 3 rings (SSSR count). The quantitative estimate of drug-likeness (QED) is 0.824. The summed E-state index contributed by atoms with van der Waals surface area (Å²) in [5.41, 5.74) is 2.57. The number of nitrogens with one attached hydrogen (secondary N) is 1. The van der Waals surface area contributed by atoms with Gasteiger partial charge in [-0.25, -0.2) is 10.2 Å². The molecule has 7 nitrogen and oxygen atoms in total. The summed E-state index contributed by atoms with van der Waals surface area (Å²) < 4.78 is 4.69. The molecule has 2 aromatic carbocycles. The zero-order valence-electron chi connectivity index (χ0n) is 11.6. The number of phenolic OH excluding ortho intramolecular Hbond substituents is 1. The molecular weight excluding hydrogens is 288 g/mol. The van der Waals surface area contributed by atoms with E-state index in [1.54, 1.807) is 19.1 Å². The molecule has 22 heavy (non-hydrogen) atoms. The smallest absolute Gasteiger partial charge is 0.426 e. The van der Waals surface area contributed by atoms with Gasteiger partial charge < -0.3 is 9.84 Å². The van der Waals surface area contributed by atoms with Crippen LogP contribution in [0.25, 0.3) is 10.8 Å². The number of carbonyl (C=O) groups excluding carboxylic acids is 3. The van der Waals surface area contributed by atoms with E-state index in [2.05, 4.69) is 10.2 Å². The van der Waals surface area contributed by atoms with Crippen LogP contribution in [0.2, 0.25) is 0 Å². The van der Waals surface area contributed by atoms with Crippen LogP contribution in [0.15, 0.2) is 30.3 Å². The Kier molecular flexibility index (Phi) is 3.17. The predicted octanol–water partition coefficient (Wildman–Crippen LogP) is 1.80. The first-order valence-electron chi connectivity index (χ1n) is 6.61. The third kappa shape index (κ3) is 1.95. The summed E-state index contributed by atoms with van der Waals surface area (Å²) in [6.45, 7) is 1.72. The lowest BCUT2D eigenvalue weighted by molar-refractivity contribution is 0.0489. The fourth-order valence-electron chi connectivity index (χ4n) is 2.44. The number of hydrogen-bond acceptors (Lipinski definition) is 5. The maximum absolute atomic E-state index is 12.4. The highest BCUT2D eigenvalue weighted by atomic mass is 16.6. The highest BCUT2D eigenvalue weighted by Gasteiger charge is 2.34. The monoisotopic (exact) mass is 300 g/mol. The van der Waals surface area contributed by atoms with Gasteiger partial charge in [-0.1, -0.05) is 12.1 Å². The summed E-state index contributed by atoms with van der Waals surface area (Å²) in [5.74, 6) is -1.38. The summed E-state index contributed by atoms with van der Waals surface area (Å²) >= 11 is 0. The average Bonchev–Trinajstić information content (AvgIpc) is 2.51. The summed E-state index contributed by atoms with van der Waals surface area (Å²) in [5, 5.41) is 11.3. The number of aromatic hydroxyl groups is 1. The standard InChI is InChI=1S/C15H12N2O5/c1-2-22-15(21)16-17-13(19)9-5-3-4-8-11(18)7-6-10(12(8)9)14(17)20/h3-7,18H,2H2,1H3,(H,16,21). The molecule has 1 aliphatic heterocycles. The molecule has 0 atom stereocenters. The second-order valence-corrected chi connectivity index (χ2v) is 4.64. The van der Waals surface area contributed by atoms with Gasteiger partial charge in [0.1, 0.15) is 5.75 Å². The molecule has 0 radical (unpaired) electrons. The van der Waals surface area contributed by atoms with Gasteiger partial charge in [-0.05, 0) is 25.1 Å². The predicted molar refractivity (Wildman–Crippen MR) is 76.3 cm³/mol. The Morgan fingerprint density at radius 2 is 1.86 bits per heavy atom. The molecule has 0 unspecified atom stereocenters. The largest absolute Gasteiger partial charge is 0.507 e. The third-order valence-electron chi connectivity index (χ3n) is 3.36. The molecule has 0 aromatic heterocycles. The lowest BCUT2D eigenvalue weighted by atomic mass is 9.94. The molecule has 3 amide bonds. The zero-order chi connectivity index (χ0) is 15.9. The lowest BCUT2D eigenvalue weighted by Gasteiger charge is -2.26. The molecule has 1 aliphatic rings. The van der Waals surface area contributed by atoms with Gasteiger partial charge in [0.2, 0.25) is 0 Å². The number of hydrogen-bond donors (Lipinski definition) is 2. The van der Waals surface area contributed by atoms with Crippen molar-refractivity contribution in [1.82, 2.24) is 10.4 Å². The van der Waals surface area contributed by atoms with Gasteiger partial charge in [-0.15, -0.1) is 0 Å². The van der Waals surface area contributed by atoms with Gasteiger partial charge in [0, 0.05) is 10.8 Å². The van der Waals surface area contributed by atoms with Crippen LogP contribution in [-0.2, 0) is 4.74 Å². The van der Waals surface area contributed by atoms with Crippen molar-refractivity contribution < 1.29 is 24.2 Å². The summed E-state index contributed by atoms with van der Waals surface area (Å²) in [4.78, 5) is 36.3. The van der Waals surface area contributed by atoms with E-state index >= 15 is 0 Å². The van der Waals surface area contributed by atoms with E-state index in [0.29, 0.717) is 15.8 Å². The van der Waals surface area contributed by atoms with E-state index in [1.165, 1.54) is 18.2 Å². The number of nitrogens with zero attached hydrogens (tertiary/aromatic N) is 1. The van der Waals surface area contributed by atoms with Crippen molar-refractivity contribution in [1.29, 1.82) is 0 Å². The fourth-order valence-corrected chi connectivity index (χ4v) is 2.44. The molecule has 0 fully saturated rings. The van der Waals surface area contributed by atoms with Crippen molar-refractivity contribution in [3.05, 3.63) is 41.5 Å². The molecule has 0 spiro atoms. The van der Waals surface area contributed by atoms with Crippen LogP contribution < -0.4 is 5.43 Å². The summed E-state index contributed by atoms with van der Waals surface area (Å²) in [6, 6.07) is 7.53. The number of phenols is 1. The highest BCUT2D eigenvalue weighted by Crippen LogP contribution is 2.34. The van der Waals surface area contributed by atoms with Gasteiger partial charge in [0.15, 0.2) is 0 Å². The van der Waals surface area contributed by atoms with E-state index in [9.17, 15) is 19.5 Å². The van der Waals surface area contributed by atoms with E-state index in [4.69, 9.17) is 0 Å². The zero-order valence-corrected chi connectivity index (χ0v) is 11.6. The van der Waals surface area contributed by atoms with E-state index in [1.807, 2.05) is 0 Å². The van der Waals surface area contributed by atoms with Crippen molar-refractivity contribution in [2.24, 2.45) is 0 Å². The Morgan fingerprint density at radius 3 is 2.55 bits per heavy atom. The molecule has 0 saturated heterocycles. The van der Waals surface area contributed by atoms with Gasteiger partial charge in [-0.2, -0.15) is 5.01 Å². The Morgan fingerprint density at radius 1 is 1.18 bits per heavy atom. The Hall–Kier alpha value is -3.09. The van der Waals surface area contributed by atoms with Crippen LogP contribution >= 0.6 is 0 Å². The first kappa shape index (κ1) is 13.9. The highest BCUT2D eigenvalue weighted by molar-refractivity contribution is 6.26. The van der Waals surface area contributed by atoms with Crippen LogP contribution in [0.4, 0.5) is 4.79 Å². The fraction of sp³-hybridized carbons (Fsp3) is 0.133. The van der Waals surface area contributed by atoms with Crippen LogP contribution in [0.5, 0.6) is 5.75 Å². The average molecular weight is 300 g/mol. The molecule has 2 N–H and O–H groups in total. The molecular formula is C15H12N2O5. The molecule has 0 bridgehead atoms. The Labute approximate surface area is 125 Å². The molecule has 2 aromatic rings. The van der Waals surface area contributed by atoms with Gasteiger partial charge in [0.05, 0.1) is 17.7 Å². The number of hydrazine groups is 1. The molecule has 0 aliphatic carbocycles. The van der Waals surface area contributed by atoms with Crippen LogP contribution in [0, 0.1) is 0 Å². The molecule has 1 heterocycles. The van der Waals surface area contributed by atoms with E-state index in [0.717, 1.165) is 0 Å². The number of imide groups is 1. The minimum absolute atomic E-state index is 0.0204. The number of amides is 3. The Balaban J connectivity index is 2.13. The first-order chi connectivity index (χ1) is 10.5. The Bertz CT molecular complexity index is 793. The maximum atomic E-state index is 12.4. The minimum Gasteiger partial charge on any atom is -0.507 e. The normalized spacial score (nSPS) is 13.4. The van der Waals surface area contributed by atoms with Crippen molar-refractivity contribution in [3.63, 3.8) is 0 Å². The van der Waals surface area contributed by atoms with Crippen molar-refractivity contribution in [3.8, 4) is 5.75 Å². The third-order valence-corrected chi connectivity index (χ3v) is 3.36. The van der Waals surface area contributed by atoms with Gasteiger partial charge in [0.25, 0.3) is 11.8 Å². The van der Waals surface area contributed by atoms with Crippen LogP contribution in [0.3, 0.4) is 0 Å². The summed E-state index contributed by atoms with van der Waals surface area (Å²) in [6.07, 6.45) is -0.890. The molecule has 112 valence electrons. The maximum Gasteiger partial charge on any atom is 0.426 e. The summed E-state index contributed by atoms with van der Waals surface area (Å²) in [7, 11) is 0. The number of benzene rings is 2. The van der Waals surface area contributed by atoms with Gasteiger partial charge in [-0.3, -0.25) is 9.59 Å². The minimum atomic E-state index is -0.890. The first-order valence-corrected chi connectivity index (χ1v) is 6.61. The van der Waals surface area contributed by atoms with E-state index < -0.39 is 17.9 Å². The number of carbonyl (C=O) groups is 3. The number of rotatable bonds is 2. The van der Waals surface area contributed by atoms with Crippen LogP contribution in [0.1, 0.15) is 27.6 Å². The lowest BCUT2D eigenvalue weighted by Crippen LogP contribution is -2.51. The molecule has 0 saturated carbocycles. The van der Waals surface area contributed by atoms with E-state index in [-0.39, 0.29) is 23.5 Å². The van der Waals surface area contributed by atoms with Crippen molar-refractivity contribution in [2.45, 2.75) is 6.92 Å². The second kappa shape index (κ2) is 5.03. The van der Waals surface area contributed by atoms with Gasteiger partial charge >= 0.3 is 6.09 Å². The SMILES string of the molecule is CCOC(=O)NN1C(=O)c2cccc3c(O)ccc(c23)C1=O. The topological polar surface area (TPSA) is 95.9 Å².